The minimum absolute atomic E-state index is 0.133. The predicted octanol–water partition coefficient (Wildman–Crippen LogP) is 2.81. The van der Waals surface area contributed by atoms with Crippen molar-refractivity contribution in [3.63, 3.8) is 0 Å². The number of allylic oxidation sites excluding steroid dienone is 1. The van der Waals surface area contributed by atoms with Crippen LogP contribution in [0.5, 0.6) is 11.5 Å². The molecule has 0 saturated carbocycles. The van der Waals surface area contributed by atoms with Crippen molar-refractivity contribution in [2.75, 3.05) is 7.11 Å². The van der Waals surface area contributed by atoms with Crippen molar-refractivity contribution in [3.05, 3.63) is 46.4 Å². The number of nitrogens with zero attached hydrogens (tertiary/aromatic N) is 2. The Labute approximate surface area is 122 Å². The van der Waals surface area contributed by atoms with Gasteiger partial charge in [0.2, 0.25) is 0 Å². The van der Waals surface area contributed by atoms with Crippen LogP contribution < -0.4 is 9.42 Å². The smallest absolute Gasteiger partial charge is 0.289 e. The molecule has 5 heteroatoms. The quantitative estimate of drug-likeness (QED) is 0.680. The number of aromatic hydroxyl groups is 1. The van der Waals surface area contributed by atoms with Gasteiger partial charge >= 0.3 is 0 Å². The fourth-order valence-corrected chi connectivity index (χ4v) is 2.67. The van der Waals surface area contributed by atoms with E-state index in [2.05, 4.69) is 11.7 Å². The third-order valence-corrected chi connectivity index (χ3v) is 3.64. The van der Waals surface area contributed by atoms with Crippen LogP contribution >= 0.6 is 11.3 Å². The van der Waals surface area contributed by atoms with Gasteiger partial charge in [0.25, 0.3) is 5.01 Å². The van der Waals surface area contributed by atoms with Gasteiger partial charge in [0.1, 0.15) is 0 Å². The first-order chi connectivity index (χ1) is 9.65. The number of ether oxygens (including phenoxy) is 1. The van der Waals surface area contributed by atoms with Crippen molar-refractivity contribution in [1.82, 2.24) is 5.10 Å². The lowest BCUT2D eigenvalue weighted by atomic mass is 10.1. The molecule has 0 spiro atoms. The fraction of sp³-hybridized carbons (Fsp3) is 0.200. The number of rotatable bonds is 5. The summed E-state index contributed by atoms with van der Waals surface area (Å²) in [7, 11) is 1.54. The van der Waals surface area contributed by atoms with Crippen molar-refractivity contribution >= 4 is 23.5 Å². The number of aryl methyl sites for hydroxylation is 1. The molecule has 0 fully saturated rings. The van der Waals surface area contributed by atoms with Gasteiger partial charge in [-0.15, -0.1) is 0 Å². The number of aromatic nitrogens is 2. The van der Waals surface area contributed by atoms with E-state index in [0.29, 0.717) is 12.3 Å². The first kappa shape index (κ1) is 14.3. The third-order valence-electron chi connectivity index (χ3n) is 2.70. The van der Waals surface area contributed by atoms with Crippen molar-refractivity contribution in [1.29, 1.82) is 0 Å². The Morgan fingerprint density at radius 2 is 2.25 bits per heavy atom. The number of phenols is 1. The maximum absolute atomic E-state index is 9.74. The van der Waals surface area contributed by atoms with Gasteiger partial charge in [0, 0.05) is 16.7 Å². The standard InChI is InChI=1S/C15H16N2O2S/c1-4-10-17-14(20-11(2)16-17)9-8-12-6-5-7-13(18)15(12)19-3/h4-9H,1,10H2,2-3H3/p+1. The molecule has 4 nitrogen and oxygen atoms in total. The summed E-state index contributed by atoms with van der Waals surface area (Å²) in [4.78, 5) is 0. The summed E-state index contributed by atoms with van der Waals surface area (Å²) in [5, 5.41) is 16.2. The minimum Gasteiger partial charge on any atom is -0.504 e. The second kappa shape index (κ2) is 6.34. The first-order valence-corrected chi connectivity index (χ1v) is 7.00. The third kappa shape index (κ3) is 3.05. The van der Waals surface area contributed by atoms with Crippen molar-refractivity contribution < 1.29 is 14.5 Å². The molecule has 1 heterocycles. The highest BCUT2D eigenvalue weighted by atomic mass is 32.1. The molecule has 0 amide bonds. The van der Waals surface area contributed by atoms with E-state index < -0.39 is 0 Å². The molecule has 0 aliphatic heterocycles. The lowest BCUT2D eigenvalue weighted by molar-refractivity contribution is -0.741. The first-order valence-electron chi connectivity index (χ1n) is 6.18. The molecule has 2 aromatic rings. The lowest BCUT2D eigenvalue weighted by Crippen LogP contribution is -2.37. The summed E-state index contributed by atoms with van der Waals surface area (Å²) in [6.45, 7) is 6.37. The average Bonchev–Trinajstić information content (AvgIpc) is 2.77. The van der Waals surface area contributed by atoms with E-state index in [1.54, 1.807) is 30.6 Å². The van der Waals surface area contributed by atoms with Gasteiger partial charge in [-0.1, -0.05) is 23.4 Å². The monoisotopic (exact) mass is 289 g/mol. The molecule has 1 aromatic carbocycles. The zero-order valence-corrected chi connectivity index (χ0v) is 12.4. The normalized spacial score (nSPS) is 10.9. The molecule has 0 radical (unpaired) electrons. The van der Waals surface area contributed by atoms with E-state index >= 15 is 0 Å². The van der Waals surface area contributed by atoms with E-state index in [1.165, 1.54) is 0 Å². The summed E-state index contributed by atoms with van der Waals surface area (Å²) in [6.07, 6.45) is 5.68. The Morgan fingerprint density at radius 1 is 1.45 bits per heavy atom. The van der Waals surface area contributed by atoms with Gasteiger partial charge < -0.3 is 9.84 Å². The molecule has 0 aliphatic carbocycles. The van der Waals surface area contributed by atoms with Gasteiger partial charge in [0.05, 0.1) is 7.11 Å². The highest BCUT2D eigenvalue weighted by Gasteiger charge is 2.14. The topological polar surface area (TPSA) is 46.2 Å². The number of hydrogen-bond donors (Lipinski definition) is 1. The van der Waals surface area contributed by atoms with Crippen LogP contribution in [-0.2, 0) is 6.54 Å². The molecule has 20 heavy (non-hydrogen) atoms. The summed E-state index contributed by atoms with van der Waals surface area (Å²) >= 11 is 1.61. The number of methoxy groups -OCH3 is 1. The van der Waals surface area contributed by atoms with Crippen LogP contribution in [0.2, 0.25) is 0 Å². The second-order valence-corrected chi connectivity index (χ2v) is 5.38. The van der Waals surface area contributed by atoms with E-state index in [-0.39, 0.29) is 5.75 Å². The summed E-state index contributed by atoms with van der Waals surface area (Å²) < 4.78 is 7.10. The van der Waals surface area contributed by atoms with Gasteiger partial charge in [0.15, 0.2) is 23.1 Å². The molecular weight excluding hydrogens is 272 g/mol. The molecule has 1 aromatic heterocycles. The van der Waals surface area contributed by atoms with Crippen LogP contribution in [0.4, 0.5) is 0 Å². The van der Waals surface area contributed by atoms with Crippen molar-refractivity contribution in [3.8, 4) is 11.5 Å². The average molecular weight is 289 g/mol. The molecule has 0 unspecified atom stereocenters. The maximum atomic E-state index is 9.74. The van der Waals surface area contributed by atoms with Gasteiger partial charge in [-0.25, -0.2) is 0 Å². The maximum Gasteiger partial charge on any atom is 0.289 e. The SMILES string of the molecule is C=CC[n+]1nc(C)sc1C=Cc1cccc(O)c1OC. The molecule has 0 bridgehead atoms. The number of phenolic OH excluding ortho intramolecular Hbond substituents is 1. The lowest BCUT2D eigenvalue weighted by Gasteiger charge is -2.05. The largest absolute Gasteiger partial charge is 0.504 e. The molecule has 2 rings (SSSR count). The molecule has 0 saturated heterocycles. The molecule has 0 atom stereocenters. The summed E-state index contributed by atoms with van der Waals surface area (Å²) in [5.74, 6) is 0.606. The highest BCUT2D eigenvalue weighted by Crippen LogP contribution is 2.30. The van der Waals surface area contributed by atoms with Crippen LogP contribution in [0.1, 0.15) is 15.6 Å². The van der Waals surface area contributed by atoms with E-state index in [4.69, 9.17) is 4.74 Å². The molecular formula is C15H17N2O2S+. The second-order valence-electron chi connectivity index (χ2n) is 4.16. The van der Waals surface area contributed by atoms with Crippen LogP contribution in [-0.4, -0.2) is 17.3 Å². The van der Waals surface area contributed by atoms with Crippen molar-refractivity contribution in [2.45, 2.75) is 13.5 Å². The Morgan fingerprint density at radius 3 is 2.95 bits per heavy atom. The van der Waals surface area contributed by atoms with E-state index in [9.17, 15) is 5.11 Å². The van der Waals surface area contributed by atoms with Crippen LogP contribution in [0.15, 0.2) is 30.9 Å². The Hall–Kier alpha value is -2.14. The van der Waals surface area contributed by atoms with Gasteiger partial charge in [-0.2, -0.15) is 0 Å². The van der Waals surface area contributed by atoms with Crippen molar-refractivity contribution in [2.24, 2.45) is 0 Å². The predicted molar refractivity (Wildman–Crippen MR) is 80.8 cm³/mol. The Bertz CT molecular complexity index is 647. The number of benzene rings is 1. The summed E-state index contributed by atoms with van der Waals surface area (Å²) in [5.41, 5.74) is 0.823. The number of hydrogen-bond acceptors (Lipinski definition) is 4. The van der Waals surface area contributed by atoms with Gasteiger partial charge in [-0.3, -0.25) is 0 Å². The molecule has 104 valence electrons. The Balaban J connectivity index is 2.34. The minimum atomic E-state index is 0.133. The Kier molecular flexibility index (Phi) is 4.53. The molecule has 1 N–H and O–H groups in total. The highest BCUT2D eigenvalue weighted by molar-refractivity contribution is 7.11. The summed E-state index contributed by atoms with van der Waals surface area (Å²) in [6, 6.07) is 5.28. The number of para-hydroxylation sites is 1. The fourth-order valence-electron chi connectivity index (χ4n) is 1.87. The zero-order valence-electron chi connectivity index (χ0n) is 11.5. The van der Waals surface area contributed by atoms with Crippen LogP contribution in [0.25, 0.3) is 12.2 Å². The van der Waals surface area contributed by atoms with Crippen LogP contribution in [0, 0.1) is 6.92 Å². The van der Waals surface area contributed by atoms with Crippen LogP contribution in [0.3, 0.4) is 0 Å². The zero-order chi connectivity index (χ0) is 14.5. The van der Waals surface area contributed by atoms with Gasteiger partial charge in [-0.05, 0) is 36.5 Å². The van der Waals surface area contributed by atoms with E-state index in [0.717, 1.165) is 15.6 Å². The van der Waals surface area contributed by atoms with E-state index in [1.807, 2.05) is 35.9 Å². The molecule has 0 aliphatic rings.